The first-order chi connectivity index (χ1) is 16.3. The monoisotopic (exact) mass is 581 g/mol. The maximum atomic E-state index is 13.5. The van der Waals surface area contributed by atoms with E-state index in [1.807, 2.05) is 6.92 Å². The van der Waals surface area contributed by atoms with E-state index >= 15 is 0 Å². The molecule has 0 radical (unpaired) electrons. The van der Waals surface area contributed by atoms with Crippen LogP contribution in [0.25, 0.3) is 0 Å². The van der Waals surface area contributed by atoms with Gasteiger partial charge in [-0.3, -0.25) is 13.9 Å². The van der Waals surface area contributed by atoms with Crippen molar-refractivity contribution in [1.82, 2.24) is 10.2 Å². The van der Waals surface area contributed by atoms with Crippen LogP contribution >= 0.6 is 46.4 Å². The van der Waals surface area contributed by atoms with Crippen LogP contribution in [0.2, 0.25) is 20.1 Å². The molecule has 0 aliphatic rings. The standard InChI is InChI=1S/C23H27Cl4N3O4S/c1-4-5-10-28-23(32)15(2)29(13-16-6-8-18(25)19(26)11-16)22(31)14-30(35(3,33)34)21-9-7-17(24)12-20(21)27/h6-9,11-12,15H,4-5,10,13-14H2,1-3H3,(H,28,32)/t15-/m0/s1. The van der Waals surface area contributed by atoms with E-state index in [9.17, 15) is 18.0 Å². The number of nitrogens with zero attached hydrogens (tertiary/aromatic N) is 2. The number of anilines is 1. The average Bonchev–Trinajstić information content (AvgIpc) is 2.77. The topological polar surface area (TPSA) is 86.8 Å². The number of carbonyl (C=O) groups is 2. The van der Waals surface area contributed by atoms with E-state index in [1.165, 1.54) is 23.1 Å². The third-order valence-corrected chi connectivity index (χ3v) is 7.59. The number of halogens is 4. The molecule has 0 unspecified atom stereocenters. The summed E-state index contributed by atoms with van der Waals surface area (Å²) in [6.45, 7) is 3.47. The minimum Gasteiger partial charge on any atom is -0.354 e. The molecule has 0 bridgehead atoms. The smallest absolute Gasteiger partial charge is 0.244 e. The first-order valence-electron chi connectivity index (χ1n) is 10.8. The van der Waals surface area contributed by atoms with Gasteiger partial charge in [-0.05, 0) is 49.2 Å². The Hall–Kier alpha value is -1.71. The highest BCUT2D eigenvalue weighted by Crippen LogP contribution is 2.31. The number of amides is 2. The fourth-order valence-corrected chi connectivity index (χ4v) is 4.97. The lowest BCUT2D eigenvalue weighted by Crippen LogP contribution is -2.51. The molecule has 2 rings (SSSR count). The molecular weight excluding hydrogens is 556 g/mol. The Morgan fingerprint density at radius 3 is 2.26 bits per heavy atom. The maximum Gasteiger partial charge on any atom is 0.244 e. The van der Waals surface area contributed by atoms with E-state index in [2.05, 4.69) is 5.32 Å². The molecule has 0 saturated heterocycles. The second-order valence-corrected chi connectivity index (χ2v) is 11.5. The van der Waals surface area contributed by atoms with Crippen LogP contribution in [0.5, 0.6) is 0 Å². The SMILES string of the molecule is CCCCNC(=O)[C@H](C)N(Cc1ccc(Cl)c(Cl)c1)C(=O)CN(c1ccc(Cl)cc1Cl)S(C)(=O)=O. The predicted molar refractivity (Wildman–Crippen MR) is 143 cm³/mol. The molecule has 0 saturated carbocycles. The average molecular weight is 583 g/mol. The molecule has 0 aliphatic carbocycles. The van der Waals surface area contributed by atoms with Gasteiger partial charge in [0.2, 0.25) is 21.8 Å². The highest BCUT2D eigenvalue weighted by molar-refractivity contribution is 7.92. The first-order valence-corrected chi connectivity index (χ1v) is 14.1. The van der Waals surface area contributed by atoms with Crippen LogP contribution in [0, 0.1) is 0 Å². The van der Waals surface area contributed by atoms with Crippen LogP contribution in [-0.4, -0.2) is 50.5 Å². The molecule has 0 heterocycles. The molecule has 2 amide bonds. The number of hydrogen-bond donors (Lipinski definition) is 1. The van der Waals surface area contributed by atoms with Gasteiger partial charge in [0, 0.05) is 18.1 Å². The molecule has 0 aliphatic heterocycles. The Bertz CT molecular complexity index is 1180. The third kappa shape index (κ3) is 8.43. The lowest BCUT2D eigenvalue weighted by atomic mass is 10.1. The molecule has 0 fully saturated rings. The summed E-state index contributed by atoms with van der Waals surface area (Å²) >= 11 is 24.3. The Kier molecular flexibility index (Phi) is 11.0. The van der Waals surface area contributed by atoms with Crippen LogP contribution in [0.4, 0.5) is 5.69 Å². The Morgan fingerprint density at radius 1 is 1.00 bits per heavy atom. The molecule has 0 aromatic heterocycles. The van der Waals surface area contributed by atoms with Gasteiger partial charge < -0.3 is 10.2 Å². The minimum atomic E-state index is -3.91. The van der Waals surface area contributed by atoms with Crippen LogP contribution in [-0.2, 0) is 26.2 Å². The third-order valence-electron chi connectivity index (χ3n) is 5.19. The fraction of sp³-hybridized carbons (Fsp3) is 0.391. The number of sulfonamides is 1. The summed E-state index contributed by atoms with van der Waals surface area (Å²) in [4.78, 5) is 27.6. The van der Waals surface area contributed by atoms with Gasteiger partial charge in [0.25, 0.3) is 0 Å². The van der Waals surface area contributed by atoms with Crippen LogP contribution in [0.1, 0.15) is 32.3 Å². The molecule has 2 aromatic rings. The van der Waals surface area contributed by atoms with Crippen molar-refractivity contribution in [2.75, 3.05) is 23.7 Å². The van der Waals surface area contributed by atoms with Crippen molar-refractivity contribution in [1.29, 1.82) is 0 Å². The molecule has 192 valence electrons. The zero-order chi connectivity index (χ0) is 26.3. The number of nitrogens with one attached hydrogen (secondary N) is 1. The normalized spacial score (nSPS) is 12.2. The van der Waals surface area contributed by atoms with Gasteiger partial charge >= 0.3 is 0 Å². The van der Waals surface area contributed by atoms with Gasteiger partial charge in [0.05, 0.1) is 27.0 Å². The van der Waals surface area contributed by atoms with Crippen LogP contribution in [0.3, 0.4) is 0 Å². The second kappa shape index (κ2) is 13.0. The number of benzene rings is 2. The summed E-state index contributed by atoms with van der Waals surface area (Å²) in [6, 6.07) is 8.25. The van der Waals surface area contributed by atoms with Crippen LogP contribution < -0.4 is 9.62 Å². The molecule has 12 heteroatoms. The van der Waals surface area contributed by atoms with Gasteiger partial charge in [-0.2, -0.15) is 0 Å². The largest absolute Gasteiger partial charge is 0.354 e. The highest BCUT2D eigenvalue weighted by atomic mass is 35.5. The van der Waals surface area contributed by atoms with E-state index in [4.69, 9.17) is 46.4 Å². The predicted octanol–water partition coefficient (Wildman–Crippen LogP) is 5.40. The quantitative estimate of drug-likeness (QED) is 0.359. The van der Waals surface area contributed by atoms with E-state index in [-0.39, 0.29) is 23.2 Å². The maximum absolute atomic E-state index is 13.5. The van der Waals surface area contributed by atoms with Gasteiger partial charge in [-0.25, -0.2) is 8.42 Å². The van der Waals surface area contributed by atoms with E-state index in [0.29, 0.717) is 27.2 Å². The number of carbonyl (C=O) groups excluding carboxylic acids is 2. The van der Waals surface area contributed by atoms with Gasteiger partial charge in [-0.15, -0.1) is 0 Å². The Morgan fingerprint density at radius 2 is 1.69 bits per heavy atom. The molecule has 1 atom stereocenters. The van der Waals surface area contributed by atoms with Crippen molar-refractivity contribution in [3.05, 3.63) is 62.1 Å². The summed E-state index contributed by atoms with van der Waals surface area (Å²) in [5.41, 5.74) is 0.720. The van der Waals surface area contributed by atoms with Crippen molar-refractivity contribution in [2.45, 2.75) is 39.3 Å². The number of hydrogen-bond acceptors (Lipinski definition) is 4. The van der Waals surface area contributed by atoms with E-state index in [0.717, 1.165) is 23.4 Å². The van der Waals surface area contributed by atoms with Gasteiger partial charge in [0.1, 0.15) is 12.6 Å². The highest BCUT2D eigenvalue weighted by Gasteiger charge is 2.30. The zero-order valence-electron chi connectivity index (χ0n) is 19.5. The van der Waals surface area contributed by atoms with Crippen molar-refractivity contribution in [3.63, 3.8) is 0 Å². The van der Waals surface area contributed by atoms with E-state index < -0.39 is 28.5 Å². The van der Waals surface area contributed by atoms with Gasteiger partial charge in [0.15, 0.2) is 0 Å². The fourth-order valence-electron chi connectivity index (χ4n) is 3.23. The van der Waals surface area contributed by atoms with Crippen molar-refractivity contribution >= 4 is 73.9 Å². The summed E-state index contributed by atoms with van der Waals surface area (Å²) < 4.78 is 26.1. The van der Waals surface area contributed by atoms with Crippen molar-refractivity contribution in [2.24, 2.45) is 0 Å². The first kappa shape index (κ1) is 29.5. The molecule has 2 aromatic carbocycles. The molecule has 35 heavy (non-hydrogen) atoms. The zero-order valence-corrected chi connectivity index (χ0v) is 23.4. The molecule has 1 N–H and O–H groups in total. The lowest BCUT2D eigenvalue weighted by molar-refractivity contribution is -0.139. The molecule has 7 nitrogen and oxygen atoms in total. The Labute approximate surface area is 226 Å². The van der Waals surface area contributed by atoms with E-state index in [1.54, 1.807) is 25.1 Å². The second-order valence-electron chi connectivity index (χ2n) is 7.96. The number of unbranched alkanes of at least 4 members (excludes halogenated alkanes) is 1. The number of rotatable bonds is 11. The molecule has 0 spiro atoms. The summed E-state index contributed by atoms with van der Waals surface area (Å²) in [6.07, 6.45) is 2.65. The summed E-state index contributed by atoms with van der Waals surface area (Å²) in [7, 11) is -3.91. The van der Waals surface area contributed by atoms with Crippen LogP contribution in [0.15, 0.2) is 36.4 Å². The summed E-state index contributed by atoms with van der Waals surface area (Å²) in [5.74, 6) is -0.965. The minimum absolute atomic E-state index is 0.00401. The summed E-state index contributed by atoms with van der Waals surface area (Å²) in [5, 5.41) is 3.83. The van der Waals surface area contributed by atoms with Crippen molar-refractivity contribution in [3.8, 4) is 0 Å². The lowest BCUT2D eigenvalue weighted by Gasteiger charge is -2.31. The van der Waals surface area contributed by atoms with Gasteiger partial charge in [-0.1, -0.05) is 65.8 Å². The Balaban J connectivity index is 2.40. The van der Waals surface area contributed by atoms with Crippen molar-refractivity contribution < 1.29 is 18.0 Å². The molecular formula is C23H27Cl4N3O4S.